The Balaban J connectivity index is 1.17. The van der Waals surface area contributed by atoms with Crippen molar-refractivity contribution in [3.8, 4) is 0 Å². The maximum Gasteiger partial charge on any atom is 0.407 e. The van der Waals surface area contributed by atoms with E-state index in [1.165, 1.54) is 12.4 Å². The quantitative estimate of drug-likeness (QED) is 0.0682. The van der Waals surface area contributed by atoms with E-state index in [0.29, 0.717) is 25.8 Å². The molecule has 3 aliphatic carbocycles. The predicted octanol–water partition coefficient (Wildman–Crippen LogP) is 2.73. The largest absolute Gasteiger partial charge is 0.444 e. The van der Waals surface area contributed by atoms with Crippen LogP contribution in [0.25, 0.3) is 0 Å². The number of Topliss-reactive ketones (excluding diaryl/α,β-unsaturated/α-hetero) is 1. The maximum absolute atomic E-state index is 14.8. The van der Waals surface area contributed by atoms with E-state index in [9.17, 15) is 38.4 Å². The molecule has 20 heteroatoms. The molecule has 6 N–H and O–H groups in total. The third-order valence-electron chi connectivity index (χ3n) is 12.8. The highest BCUT2D eigenvalue weighted by Crippen LogP contribution is 2.43. The second-order valence-electron chi connectivity index (χ2n) is 20.6. The van der Waals surface area contributed by atoms with Crippen LogP contribution < -0.4 is 31.9 Å². The summed E-state index contributed by atoms with van der Waals surface area (Å²) in [5.74, 6) is -4.36. The number of hydrogen-bond donors (Lipinski definition) is 6. The molecule has 4 fully saturated rings. The van der Waals surface area contributed by atoms with Crippen molar-refractivity contribution in [2.24, 2.45) is 23.2 Å². The minimum Gasteiger partial charge on any atom is -0.444 e. The molecule has 68 heavy (non-hydrogen) atoms. The van der Waals surface area contributed by atoms with E-state index in [4.69, 9.17) is 14.2 Å². The minimum atomic E-state index is -1.08. The number of ether oxygens (including phenoxy) is 3. The number of alkyl carbamates (subject to hydrolysis) is 1. The van der Waals surface area contributed by atoms with Gasteiger partial charge in [-0.1, -0.05) is 59.8 Å². The number of rotatable bonds is 23. The zero-order valence-electron chi connectivity index (χ0n) is 41.0. The van der Waals surface area contributed by atoms with Gasteiger partial charge in [0.15, 0.2) is 0 Å². The lowest BCUT2D eigenvalue weighted by atomic mass is 9.82. The SMILES string of the molecule is CCC[C@H](NC(=O)[C@@H]1[C@H]2CCC[C@H]2CN1C(=O)[C@@H](NC(=O)[C@@H](NC(=O)c1cnc(C(=O)NCCOCCOCCNC(=O)OC(C)(C)C)cn1)C1CCCCC1)C(C)(C)C)C(=O)C(=O)NC1CC1. The highest BCUT2D eigenvalue weighted by Gasteiger charge is 2.52. The first-order chi connectivity index (χ1) is 32.3. The van der Waals surface area contributed by atoms with Gasteiger partial charge in [0.05, 0.1) is 44.9 Å². The van der Waals surface area contributed by atoms with Crippen LogP contribution in [0.1, 0.15) is 146 Å². The molecule has 0 aromatic carbocycles. The Kier molecular flexibility index (Phi) is 19.6. The number of carbonyl (C=O) groups is 8. The predicted molar refractivity (Wildman–Crippen MR) is 249 cm³/mol. The fourth-order valence-electron chi connectivity index (χ4n) is 9.20. The molecule has 3 saturated carbocycles. The van der Waals surface area contributed by atoms with E-state index in [1.807, 2.05) is 27.7 Å². The molecule has 4 aliphatic rings. The van der Waals surface area contributed by atoms with E-state index in [2.05, 4.69) is 41.9 Å². The van der Waals surface area contributed by atoms with E-state index < -0.39 is 82.5 Å². The van der Waals surface area contributed by atoms with Crippen molar-refractivity contribution in [2.45, 2.75) is 161 Å². The molecule has 7 amide bonds. The van der Waals surface area contributed by atoms with Gasteiger partial charge in [-0.05, 0) is 88.9 Å². The van der Waals surface area contributed by atoms with Crippen LogP contribution in [0, 0.1) is 23.2 Å². The van der Waals surface area contributed by atoms with Gasteiger partial charge >= 0.3 is 6.09 Å². The lowest BCUT2D eigenvalue weighted by Gasteiger charge is -2.38. The molecule has 5 rings (SSSR count). The highest BCUT2D eigenvalue weighted by atomic mass is 16.6. The number of carbonyl (C=O) groups excluding carboxylic acids is 8. The van der Waals surface area contributed by atoms with Crippen molar-refractivity contribution in [1.82, 2.24) is 46.8 Å². The van der Waals surface area contributed by atoms with Crippen LogP contribution in [-0.4, -0.2) is 144 Å². The second kappa shape index (κ2) is 24.9. The summed E-state index contributed by atoms with van der Waals surface area (Å²) in [5, 5.41) is 16.7. The molecule has 1 aliphatic heterocycles. The van der Waals surface area contributed by atoms with Crippen LogP contribution in [-0.2, 0) is 38.2 Å². The fraction of sp³-hybridized carbons (Fsp3) is 0.750. The van der Waals surface area contributed by atoms with Crippen molar-refractivity contribution in [3.63, 3.8) is 0 Å². The van der Waals surface area contributed by atoms with E-state index in [0.717, 1.165) is 51.4 Å². The van der Waals surface area contributed by atoms with Gasteiger partial charge in [-0.3, -0.25) is 33.6 Å². The maximum atomic E-state index is 14.8. The molecule has 1 aromatic heterocycles. The number of nitrogens with zero attached hydrogens (tertiary/aromatic N) is 3. The Morgan fingerprint density at radius 3 is 1.96 bits per heavy atom. The number of aromatic nitrogens is 2. The van der Waals surface area contributed by atoms with Crippen molar-refractivity contribution in [2.75, 3.05) is 46.1 Å². The number of ketones is 1. The zero-order valence-corrected chi connectivity index (χ0v) is 41.0. The van der Waals surface area contributed by atoms with Crippen LogP contribution in [0.3, 0.4) is 0 Å². The number of amides is 7. The standard InChI is InChI=1S/C48H75N9O11/c1-8-13-33(38(58)44(63)53-31-18-19-31)54-43(62)37-32-17-12-16-30(32)28-57(37)45(64)39(47(2,3)4)56-42(61)36(29-14-10-9-11-15-29)55-41(60)35-27-51-34(26-52-35)40(59)49-20-22-66-24-25-67-23-21-50-46(65)68-48(5,6)7/h26-27,29-33,36-37,39H,8-25,28H2,1-7H3,(H,49,59)(H,50,65)(H,53,63)(H,54,62)(H,55,60)(H,56,61)/t30-,32-,33-,36-,37-,39+/m0/s1. The lowest BCUT2D eigenvalue weighted by molar-refractivity contribution is -0.146. The van der Waals surface area contributed by atoms with Gasteiger partial charge in [0.1, 0.15) is 35.1 Å². The number of nitrogens with one attached hydrogen (secondary N) is 6. The van der Waals surface area contributed by atoms with E-state index in [-0.39, 0.29) is 81.1 Å². The zero-order chi connectivity index (χ0) is 49.6. The number of likely N-dealkylation sites (tertiary alicyclic amines) is 1. The van der Waals surface area contributed by atoms with Gasteiger partial charge in [0, 0.05) is 25.7 Å². The third-order valence-corrected chi connectivity index (χ3v) is 12.8. The van der Waals surface area contributed by atoms with Crippen molar-refractivity contribution in [1.29, 1.82) is 0 Å². The van der Waals surface area contributed by atoms with Crippen LogP contribution in [0.2, 0.25) is 0 Å². The topological polar surface area (TPSA) is 265 Å². The minimum absolute atomic E-state index is 0.0189. The smallest absolute Gasteiger partial charge is 0.407 e. The molecular weight excluding hydrogens is 879 g/mol. The Bertz CT molecular complexity index is 1930. The molecule has 2 heterocycles. The summed E-state index contributed by atoms with van der Waals surface area (Å²) in [6, 6.07) is -4.04. The summed E-state index contributed by atoms with van der Waals surface area (Å²) in [6.07, 6.45) is 10.8. The fourth-order valence-corrected chi connectivity index (χ4v) is 9.20. The van der Waals surface area contributed by atoms with Gasteiger partial charge in [-0.2, -0.15) is 0 Å². The first-order valence-electron chi connectivity index (χ1n) is 24.6. The summed E-state index contributed by atoms with van der Waals surface area (Å²) in [4.78, 5) is 118. The molecule has 0 radical (unpaired) electrons. The molecule has 0 bridgehead atoms. The third kappa shape index (κ3) is 15.9. The Morgan fingerprint density at radius 2 is 1.37 bits per heavy atom. The molecule has 20 nitrogen and oxygen atoms in total. The first-order valence-corrected chi connectivity index (χ1v) is 24.6. The van der Waals surface area contributed by atoms with Crippen LogP contribution in [0.15, 0.2) is 12.4 Å². The van der Waals surface area contributed by atoms with E-state index in [1.54, 1.807) is 25.7 Å². The molecule has 1 saturated heterocycles. The van der Waals surface area contributed by atoms with Gasteiger partial charge in [0.25, 0.3) is 17.7 Å². The lowest BCUT2D eigenvalue weighted by Crippen LogP contribution is -2.62. The number of hydrogen-bond acceptors (Lipinski definition) is 13. The average molecular weight is 954 g/mol. The van der Waals surface area contributed by atoms with Crippen molar-refractivity contribution in [3.05, 3.63) is 23.8 Å². The second-order valence-corrected chi connectivity index (χ2v) is 20.6. The molecule has 0 unspecified atom stereocenters. The Morgan fingerprint density at radius 1 is 0.735 bits per heavy atom. The van der Waals surface area contributed by atoms with Crippen molar-refractivity contribution < 1.29 is 52.6 Å². The van der Waals surface area contributed by atoms with Crippen LogP contribution >= 0.6 is 0 Å². The molecular formula is C48H75N9O11. The molecule has 1 aromatic rings. The summed E-state index contributed by atoms with van der Waals surface area (Å²) >= 11 is 0. The monoisotopic (exact) mass is 954 g/mol. The van der Waals surface area contributed by atoms with Gasteiger partial charge in [-0.25, -0.2) is 14.8 Å². The average Bonchev–Trinajstić information content (AvgIpc) is 3.86. The highest BCUT2D eigenvalue weighted by molar-refractivity contribution is 6.38. The molecule has 6 atom stereocenters. The van der Waals surface area contributed by atoms with Gasteiger partial charge in [-0.15, -0.1) is 0 Å². The molecule has 378 valence electrons. The van der Waals surface area contributed by atoms with Gasteiger partial charge in [0.2, 0.25) is 23.5 Å². The first kappa shape index (κ1) is 53.7. The molecule has 0 spiro atoms. The normalized spacial score (nSPS) is 20.8. The van der Waals surface area contributed by atoms with E-state index >= 15 is 0 Å². The summed E-state index contributed by atoms with van der Waals surface area (Å²) in [5.41, 5.74) is -1.54. The van der Waals surface area contributed by atoms with Crippen LogP contribution in [0.4, 0.5) is 4.79 Å². The summed E-state index contributed by atoms with van der Waals surface area (Å²) < 4.78 is 16.1. The summed E-state index contributed by atoms with van der Waals surface area (Å²) in [7, 11) is 0. The Labute approximate surface area is 400 Å². The number of fused-ring (bicyclic) bond motifs is 1. The van der Waals surface area contributed by atoms with Gasteiger partial charge < -0.3 is 51.0 Å². The van der Waals surface area contributed by atoms with Crippen molar-refractivity contribution >= 4 is 47.3 Å². The van der Waals surface area contributed by atoms with Crippen LogP contribution in [0.5, 0.6) is 0 Å². The Hall–Kier alpha value is -5.24. The summed E-state index contributed by atoms with van der Waals surface area (Å²) in [6.45, 7) is 14.5.